The number of aliphatic hydroxyl groups excluding tert-OH is 2. The molecule has 2 aromatic heterocycles. The van der Waals surface area contributed by atoms with Crippen LogP contribution in [0.15, 0.2) is 11.1 Å². The molecule has 0 bridgehead atoms. The summed E-state index contributed by atoms with van der Waals surface area (Å²) in [6.45, 7) is -0.184. The molecule has 3 atom stereocenters. The van der Waals surface area contributed by atoms with Crippen molar-refractivity contribution in [3.05, 3.63) is 16.7 Å². The Balaban J connectivity index is 2.09. The third kappa shape index (κ3) is 1.87. The zero-order valence-electron chi connectivity index (χ0n) is 9.85. The molecule has 1 aliphatic heterocycles. The van der Waals surface area contributed by atoms with E-state index in [1.165, 1.54) is 10.9 Å². The molecule has 1 aliphatic rings. The summed E-state index contributed by atoms with van der Waals surface area (Å²) in [5.74, 6) is -0.0366. The Morgan fingerprint density at radius 2 is 2.42 bits per heavy atom. The van der Waals surface area contributed by atoms with E-state index in [1.807, 2.05) is 0 Å². The quantitative estimate of drug-likeness (QED) is 0.510. The first-order valence-electron chi connectivity index (χ1n) is 5.77. The van der Waals surface area contributed by atoms with Gasteiger partial charge in [-0.05, 0) is 0 Å². The van der Waals surface area contributed by atoms with Crippen LogP contribution in [0.2, 0.25) is 0 Å². The Kier molecular flexibility index (Phi) is 2.73. The summed E-state index contributed by atoms with van der Waals surface area (Å²) in [4.78, 5) is 21.9. The lowest BCUT2D eigenvalue weighted by atomic mass is 10.2. The lowest BCUT2D eigenvalue weighted by Gasteiger charge is -2.16. The van der Waals surface area contributed by atoms with Crippen LogP contribution in [0.5, 0.6) is 0 Å². The van der Waals surface area contributed by atoms with E-state index < -0.39 is 24.0 Å². The minimum atomic E-state index is -0.808. The van der Waals surface area contributed by atoms with Gasteiger partial charge in [0.05, 0.1) is 19.0 Å². The van der Waals surface area contributed by atoms with Crippen molar-refractivity contribution < 1.29 is 14.9 Å². The van der Waals surface area contributed by atoms with E-state index in [0.29, 0.717) is 6.42 Å². The van der Waals surface area contributed by atoms with E-state index in [9.17, 15) is 9.90 Å². The maximum Gasteiger partial charge on any atom is 0.280 e. The average molecular weight is 267 g/mol. The zero-order chi connectivity index (χ0) is 13.6. The summed E-state index contributed by atoms with van der Waals surface area (Å²) in [7, 11) is 0. The number of nitrogen functional groups attached to an aromatic ring is 1. The van der Waals surface area contributed by atoms with E-state index in [1.54, 1.807) is 0 Å². The molecule has 5 N–H and O–H groups in total. The van der Waals surface area contributed by atoms with Crippen LogP contribution in [0.3, 0.4) is 0 Å². The van der Waals surface area contributed by atoms with Crippen LogP contribution in [0.25, 0.3) is 11.2 Å². The molecule has 0 amide bonds. The molecule has 1 fully saturated rings. The van der Waals surface area contributed by atoms with Crippen molar-refractivity contribution in [2.24, 2.45) is 0 Å². The second kappa shape index (κ2) is 4.30. The molecular formula is C10H13N5O4. The van der Waals surface area contributed by atoms with E-state index in [0.717, 1.165) is 0 Å². The topological polar surface area (TPSA) is 139 Å². The SMILES string of the molecule is Nc1nc2c(ncn2[C@@H]2O[C@@H](CO)C[C@H]2O)c(=O)[nH]1. The van der Waals surface area contributed by atoms with Crippen LogP contribution in [-0.2, 0) is 4.74 Å². The monoisotopic (exact) mass is 267 g/mol. The van der Waals surface area contributed by atoms with Crippen molar-refractivity contribution in [1.29, 1.82) is 0 Å². The molecule has 3 heterocycles. The van der Waals surface area contributed by atoms with Gasteiger partial charge < -0.3 is 20.7 Å². The number of aromatic nitrogens is 4. The summed E-state index contributed by atoms with van der Waals surface area (Å²) < 4.78 is 6.93. The van der Waals surface area contributed by atoms with Gasteiger partial charge >= 0.3 is 0 Å². The van der Waals surface area contributed by atoms with Crippen LogP contribution < -0.4 is 11.3 Å². The van der Waals surface area contributed by atoms with Gasteiger partial charge in [-0.2, -0.15) is 4.98 Å². The molecule has 0 unspecified atom stereocenters. The largest absolute Gasteiger partial charge is 0.394 e. The Labute approximate surface area is 106 Å². The maximum absolute atomic E-state index is 11.6. The maximum atomic E-state index is 11.6. The Morgan fingerprint density at radius 1 is 1.63 bits per heavy atom. The molecule has 1 saturated heterocycles. The third-order valence-corrected chi connectivity index (χ3v) is 3.09. The molecule has 0 aliphatic carbocycles. The van der Waals surface area contributed by atoms with Gasteiger partial charge in [0.15, 0.2) is 17.4 Å². The van der Waals surface area contributed by atoms with Crippen molar-refractivity contribution in [3.63, 3.8) is 0 Å². The smallest absolute Gasteiger partial charge is 0.280 e. The van der Waals surface area contributed by atoms with Gasteiger partial charge in [0.25, 0.3) is 5.56 Å². The number of imidazole rings is 1. The first-order valence-corrected chi connectivity index (χ1v) is 5.77. The second-order valence-electron chi connectivity index (χ2n) is 4.41. The number of hydrogen-bond donors (Lipinski definition) is 4. The van der Waals surface area contributed by atoms with Crippen molar-refractivity contribution in [3.8, 4) is 0 Å². The highest BCUT2D eigenvalue weighted by Gasteiger charge is 2.35. The Hall–Kier alpha value is -1.97. The highest BCUT2D eigenvalue weighted by atomic mass is 16.5. The number of hydrogen-bond acceptors (Lipinski definition) is 7. The van der Waals surface area contributed by atoms with Gasteiger partial charge in [0.2, 0.25) is 5.95 Å². The number of rotatable bonds is 2. The van der Waals surface area contributed by atoms with Crippen LogP contribution >= 0.6 is 0 Å². The molecule has 102 valence electrons. The number of nitrogens with one attached hydrogen (secondary N) is 1. The molecule has 19 heavy (non-hydrogen) atoms. The molecule has 9 nitrogen and oxygen atoms in total. The molecule has 0 radical (unpaired) electrons. The van der Waals surface area contributed by atoms with Crippen molar-refractivity contribution in [2.75, 3.05) is 12.3 Å². The first-order chi connectivity index (χ1) is 9.10. The number of anilines is 1. The van der Waals surface area contributed by atoms with Crippen LogP contribution in [-0.4, -0.2) is 48.5 Å². The Morgan fingerprint density at radius 3 is 3.11 bits per heavy atom. The zero-order valence-corrected chi connectivity index (χ0v) is 9.85. The van der Waals surface area contributed by atoms with E-state index in [2.05, 4.69) is 15.0 Å². The van der Waals surface area contributed by atoms with Gasteiger partial charge in [0.1, 0.15) is 6.10 Å². The lowest BCUT2D eigenvalue weighted by molar-refractivity contribution is -0.0486. The molecular weight excluding hydrogens is 254 g/mol. The molecule has 0 saturated carbocycles. The fourth-order valence-corrected chi connectivity index (χ4v) is 2.23. The van der Waals surface area contributed by atoms with Gasteiger partial charge in [-0.3, -0.25) is 14.3 Å². The van der Waals surface area contributed by atoms with Crippen LogP contribution in [0.4, 0.5) is 5.95 Å². The minimum absolute atomic E-state index is 0.0366. The first kappa shape index (κ1) is 12.1. The second-order valence-corrected chi connectivity index (χ2v) is 4.41. The fourth-order valence-electron chi connectivity index (χ4n) is 2.23. The minimum Gasteiger partial charge on any atom is -0.394 e. The third-order valence-electron chi connectivity index (χ3n) is 3.09. The van der Waals surface area contributed by atoms with Gasteiger partial charge in [0, 0.05) is 6.42 Å². The summed E-state index contributed by atoms with van der Waals surface area (Å²) in [6, 6.07) is 0. The number of H-pyrrole nitrogens is 1. The molecule has 0 spiro atoms. The lowest BCUT2D eigenvalue weighted by Crippen LogP contribution is -2.20. The van der Waals surface area contributed by atoms with Gasteiger partial charge in [-0.1, -0.05) is 0 Å². The summed E-state index contributed by atoms with van der Waals surface area (Å²) in [5, 5.41) is 19.0. The number of fused-ring (bicyclic) bond motifs is 1. The Bertz CT molecular complexity index is 665. The number of nitrogens with two attached hydrogens (primary N) is 1. The average Bonchev–Trinajstić information content (AvgIpc) is 2.92. The van der Waals surface area contributed by atoms with E-state index in [4.69, 9.17) is 15.6 Å². The highest BCUT2D eigenvalue weighted by molar-refractivity contribution is 5.70. The van der Waals surface area contributed by atoms with E-state index >= 15 is 0 Å². The summed E-state index contributed by atoms with van der Waals surface area (Å²) in [6.07, 6.45) is -0.330. The number of nitrogens with zero attached hydrogens (tertiary/aromatic N) is 3. The van der Waals surface area contributed by atoms with Crippen LogP contribution in [0.1, 0.15) is 12.6 Å². The highest BCUT2D eigenvalue weighted by Crippen LogP contribution is 2.30. The molecule has 0 aromatic carbocycles. The van der Waals surface area contributed by atoms with Crippen molar-refractivity contribution >= 4 is 17.1 Å². The van der Waals surface area contributed by atoms with Crippen LogP contribution in [0, 0.1) is 0 Å². The number of aliphatic hydroxyl groups is 2. The summed E-state index contributed by atoms with van der Waals surface area (Å²) in [5.41, 5.74) is 5.40. The van der Waals surface area contributed by atoms with Crippen molar-refractivity contribution in [2.45, 2.75) is 24.9 Å². The predicted octanol–water partition coefficient (Wildman–Crippen LogP) is -1.66. The fraction of sp³-hybridized carbons (Fsp3) is 0.500. The van der Waals surface area contributed by atoms with Crippen molar-refractivity contribution in [1.82, 2.24) is 19.5 Å². The molecule has 2 aromatic rings. The standard InChI is InChI=1S/C10H13N5O4/c11-10-13-7-6(8(18)14-10)12-3-15(7)9-5(17)1-4(2-16)19-9/h3-5,9,16-17H,1-2H2,(H3,11,13,14,18)/t4-,5-,9-/m1/s1. The predicted molar refractivity (Wildman–Crippen MR) is 64.2 cm³/mol. The van der Waals surface area contributed by atoms with Gasteiger partial charge in [-0.15, -0.1) is 0 Å². The molecule has 9 heteroatoms. The summed E-state index contributed by atoms with van der Waals surface area (Å²) >= 11 is 0. The van der Waals surface area contributed by atoms with Gasteiger partial charge in [-0.25, -0.2) is 4.98 Å². The number of ether oxygens (including phenoxy) is 1. The normalized spacial score (nSPS) is 27.2. The van der Waals surface area contributed by atoms with E-state index in [-0.39, 0.29) is 23.7 Å². The number of aromatic amines is 1. The molecule has 3 rings (SSSR count).